The summed E-state index contributed by atoms with van der Waals surface area (Å²) in [5, 5.41) is 0. The lowest BCUT2D eigenvalue weighted by molar-refractivity contribution is 0.855. The Morgan fingerprint density at radius 1 is 1.31 bits per heavy atom. The molecule has 0 saturated heterocycles. The van der Waals surface area contributed by atoms with E-state index in [-0.39, 0.29) is 18.0 Å². The van der Waals surface area contributed by atoms with Crippen molar-refractivity contribution < 1.29 is 3.89 Å². The molecule has 0 spiro atoms. The van der Waals surface area contributed by atoms with Gasteiger partial charge in [-0.3, -0.25) is 4.57 Å². The summed E-state index contributed by atoms with van der Waals surface area (Å²) >= 11 is -0.0709. The average molecular weight is 198 g/mol. The maximum Gasteiger partial charge on any atom is 0.341 e. The largest absolute Gasteiger partial charge is 0.341 e. The molecule has 0 bridgehead atoms. The van der Waals surface area contributed by atoms with Gasteiger partial charge in [-0.2, -0.15) is 0 Å². The van der Waals surface area contributed by atoms with Gasteiger partial charge in [-0.1, -0.05) is 12.1 Å². The molecule has 0 amide bonds. The zero-order chi connectivity index (χ0) is 9.42. The number of halogens is 1. The minimum Gasteiger partial charge on any atom is -0.294 e. The Kier molecular flexibility index (Phi) is 1.88. The van der Waals surface area contributed by atoms with Crippen LogP contribution in [-0.2, 0) is 7.05 Å². The summed E-state index contributed by atoms with van der Waals surface area (Å²) < 4.78 is 14.8. The van der Waals surface area contributed by atoms with Gasteiger partial charge < -0.3 is 0 Å². The smallest absolute Gasteiger partial charge is 0.294 e. The summed E-state index contributed by atoms with van der Waals surface area (Å²) in [5.41, 5.74) is 0.980. The SMILES string of the molecule is Cn1c(=O)n(SF)c2ccccc21. The fourth-order valence-electron chi connectivity index (χ4n) is 1.33. The lowest BCUT2D eigenvalue weighted by Crippen LogP contribution is -2.17. The molecule has 5 heteroatoms. The van der Waals surface area contributed by atoms with Crippen molar-refractivity contribution in [1.82, 2.24) is 8.54 Å². The van der Waals surface area contributed by atoms with Gasteiger partial charge in [0.1, 0.15) is 0 Å². The van der Waals surface area contributed by atoms with E-state index in [4.69, 9.17) is 0 Å². The van der Waals surface area contributed by atoms with Crippen LogP contribution in [-0.4, -0.2) is 8.54 Å². The number of benzene rings is 1. The maximum atomic E-state index is 12.4. The fraction of sp³-hybridized carbons (Fsp3) is 0.125. The first-order valence-electron chi connectivity index (χ1n) is 3.71. The Morgan fingerprint density at radius 2 is 1.92 bits per heavy atom. The van der Waals surface area contributed by atoms with Crippen LogP contribution in [0.25, 0.3) is 11.0 Å². The van der Waals surface area contributed by atoms with Gasteiger partial charge in [0.05, 0.1) is 11.0 Å². The van der Waals surface area contributed by atoms with Crippen LogP contribution >= 0.6 is 12.3 Å². The van der Waals surface area contributed by atoms with E-state index in [2.05, 4.69) is 0 Å². The van der Waals surface area contributed by atoms with Gasteiger partial charge in [0.15, 0.2) is 12.3 Å². The third-order valence-corrected chi connectivity index (χ3v) is 2.48. The second-order valence-electron chi connectivity index (χ2n) is 2.69. The van der Waals surface area contributed by atoms with Crippen LogP contribution in [0.5, 0.6) is 0 Å². The van der Waals surface area contributed by atoms with Crippen LogP contribution in [0.1, 0.15) is 0 Å². The molecule has 0 aliphatic rings. The van der Waals surface area contributed by atoms with Crippen molar-refractivity contribution in [1.29, 1.82) is 0 Å². The molecule has 0 atom stereocenters. The Labute approximate surface area is 78.2 Å². The number of aromatic nitrogens is 2. The lowest BCUT2D eigenvalue weighted by atomic mass is 10.3. The summed E-state index contributed by atoms with van der Waals surface area (Å²) in [4.78, 5) is 11.4. The molecule has 1 heterocycles. The highest BCUT2D eigenvalue weighted by molar-refractivity contribution is 7.92. The van der Waals surface area contributed by atoms with Crippen LogP contribution in [0.3, 0.4) is 0 Å². The molecule has 1 aromatic heterocycles. The molecule has 2 rings (SSSR count). The van der Waals surface area contributed by atoms with E-state index in [0.717, 1.165) is 9.49 Å². The van der Waals surface area contributed by atoms with E-state index in [9.17, 15) is 8.68 Å². The van der Waals surface area contributed by atoms with Gasteiger partial charge >= 0.3 is 5.69 Å². The summed E-state index contributed by atoms with van der Waals surface area (Å²) in [5.74, 6) is 0. The molecule has 2 aromatic rings. The van der Waals surface area contributed by atoms with Crippen LogP contribution in [0.4, 0.5) is 3.89 Å². The standard InChI is InChI=1S/C8H7FN2OS/c1-10-6-4-2-3-5-7(6)11(13-9)8(10)12/h2-5H,1H3. The van der Waals surface area contributed by atoms with E-state index in [1.807, 2.05) is 6.07 Å². The highest BCUT2D eigenvalue weighted by Crippen LogP contribution is 2.16. The normalized spacial score (nSPS) is 10.9. The number of nitrogens with zero attached hydrogens (tertiary/aromatic N) is 2. The summed E-state index contributed by atoms with van der Waals surface area (Å²) in [6, 6.07) is 7.08. The van der Waals surface area contributed by atoms with Crippen LogP contribution in [0.15, 0.2) is 29.1 Å². The van der Waals surface area contributed by atoms with Crippen LogP contribution in [0, 0.1) is 0 Å². The predicted molar refractivity (Wildman–Crippen MR) is 51.3 cm³/mol. The van der Waals surface area contributed by atoms with Gasteiger partial charge in [0, 0.05) is 7.05 Å². The number of imidazole rings is 1. The minimum absolute atomic E-state index is 0.0709. The van der Waals surface area contributed by atoms with Crippen molar-refractivity contribution in [3.8, 4) is 0 Å². The third-order valence-electron chi connectivity index (χ3n) is 1.99. The molecule has 0 fully saturated rings. The molecule has 1 aromatic carbocycles. The summed E-state index contributed by atoms with van der Waals surface area (Å²) in [7, 11) is 1.62. The van der Waals surface area contributed by atoms with Crippen molar-refractivity contribution in [2.24, 2.45) is 7.05 Å². The Hall–Kier alpha value is -1.23. The first kappa shape index (κ1) is 8.37. The first-order chi connectivity index (χ1) is 6.25. The van der Waals surface area contributed by atoms with Gasteiger partial charge in [0.2, 0.25) is 0 Å². The third kappa shape index (κ3) is 1.07. The molecule has 3 nitrogen and oxygen atoms in total. The molecule has 0 aliphatic carbocycles. The molecular weight excluding hydrogens is 191 g/mol. The number of para-hydroxylation sites is 2. The predicted octanol–water partition coefficient (Wildman–Crippen LogP) is 1.72. The number of hydrogen-bond acceptors (Lipinski definition) is 2. The number of rotatable bonds is 1. The van der Waals surface area contributed by atoms with Crippen LogP contribution in [0.2, 0.25) is 0 Å². The van der Waals surface area contributed by atoms with E-state index < -0.39 is 0 Å². The summed E-state index contributed by atoms with van der Waals surface area (Å²) in [6.45, 7) is 0. The van der Waals surface area contributed by atoms with Crippen molar-refractivity contribution in [3.05, 3.63) is 34.7 Å². The molecule has 0 saturated carbocycles. The molecule has 13 heavy (non-hydrogen) atoms. The lowest BCUT2D eigenvalue weighted by Gasteiger charge is -1.91. The molecule has 0 N–H and O–H groups in total. The number of fused-ring (bicyclic) bond motifs is 1. The van der Waals surface area contributed by atoms with E-state index in [1.165, 1.54) is 4.57 Å². The Balaban J connectivity index is 2.98. The van der Waals surface area contributed by atoms with Gasteiger partial charge in [-0.25, -0.2) is 8.77 Å². The number of aryl methyl sites for hydroxylation is 1. The van der Waals surface area contributed by atoms with Gasteiger partial charge in [0.25, 0.3) is 0 Å². The second-order valence-corrected chi connectivity index (χ2v) is 3.20. The van der Waals surface area contributed by atoms with E-state index >= 15 is 0 Å². The monoisotopic (exact) mass is 198 g/mol. The zero-order valence-corrected chi connectivity index (χ0v) is 7.71. The van der Waals surface area contributed by atoms with Crippen molar-refractivity contribution in [2.75, 3.05) is 0 Å². The molecule has 68 valence electrons. The molecule has 0 radical (unpaired) electrons. The molecular formula is C8H7FN2OS. The number of hydrogen-bond donors (Lipinski definition) is 0. The van der Waals surface area contributed by atoms with Crippen LogP contribution < -0.4 is 5.69 Å². The van der Waals surface area contributed by atoms with Gasteiger partial charge in [-0.05, 0) is 12.1 Å². The van der Waals surface area contributed by atoms with Crippen molar-refractivity contribution >= 4 is 23.4 Å². The maximum absolute atomic E-state index is 12.4. The zero-order valence-electron chi connectivity index (χ0n) is 6.90. The van der Waals surface area contributed by atoms with Gasteiger partial charge in [-0.15, -0.1) is 3.89 Å². The summed E-state index contributed by atoms with van der Waals surface area (Å²) in [6.07, 6.45) is 0. The Bertz CT molecular complexity index is 502. The van der Waals surface area contributed by atoms with E-state index in [1.54, 1.807) is 25.2 Å². The van der Waals surface area contributed by atoms with E-state index in [0.29, 0.717) is 5.52 Å². The minimum atomic E-state index is -0.353. The highest BCUT2D eigenvalue weighted by atomic mass is 32.2. The first-order valence-corrected chi connectivity index (χ1v) is 4.38. The highest BCUT2D eigenvalue weighted by Gasteiger charge is 2.09. The fourth-order valence-corrected chi connectivity index (χ4v) is 1.74. The molecule has 0 unspecified atom stereocenters. The molecule has 0 aliphatic heterocycles. The Morgan fingerprint density at radius 3 is 2.54 bits per heavy atom. The second kappa shape index (κ2) is 2.92. The van der Waals surface area contributed by atoms with Crippen molar-refractivity contribution in [3.63, 3.8) is 0 Å². The van der Waals surface area contributed by atoms with Crippen molar-refractivity contribution in [2.45, 2.75) is 0 Å². The average Bonchev–Trinajstić information content (AvgIpc) is 2.41. The topological polar surface area (TPSA) is 26.9 Å². The quantitative estimate of drug-likeness (QED) is 0.697.